The average molecular weight is 836 g/mol. The zero-order valence-corrected chi connectivity index (χ0v) is 36.7. The monoisotopic (exact) mass is 836 g/mol. The second-order valence-corrected chi connectivity index (χ2v) is 16.1. The first kappa shape index (κ1) is 54.8. The lowest BCUT2D eigenvalue weighted by molar-refractivity contribution is -0.303. The fourth-order valence-corrected chi connectivity index (χ4v) is 7.05. The molecule has 8 N–H and O–H groups in total. The zero-order chi connectivity index (χ0) is 43.4. The van der Waals surface area contributed by atoms with E-state index >= 15 is 0 Å². The Kier molecular flexibility index (Phi) is 34.9. The first-order chi connectivity index (χ1) is 28.7. The van der Waals surface area contributed by atoms with Crippen molar-refractivity contribution >= 4 is 5.91 Å². The summed E-state index contributed by atoms with van der Waals surface area (Å²) in [5.41, 5.74) is 0. The number of hydrogen-bond acceptors (Lipinski definition) is 10. The van der Waals surface area contributed by atoms with Gasteiger partial charge >= 0.3 is 0 Å². The number of aliphatic hydroxyl groups excluding tert-OH is 7. The van der Waals surface area contributed by atoms with E-state index in [2.05, 4.69) is 60.8 Å². The molecule has 1 heterocycles. The Labute approximate surface area is 357 Å². The van der Waals surface area contributed by atoms with Gasteiger partial charge in [-0.2, -0.15) is 0 Å². The predicted molar refractivity (Wildman–Crippen MR) is 238 cm³/mol. The number of carbonyl (C=O) groups excluding carboxylic acids is 1. The van der Waals surface area contributed by atoms with E-state index in [1.165, 1.54) is 64.2 Å². The number of unbranched alkanes of at least 4 members (excludes halogenated alkanes) is 16. The van der Waals surface area contributed by atoms with Crippen LogP contribution in [0.2, 0.25) is 0 Å². The summed E-state index contributed by atoms with van der Waals surface area (Å²) < 4.78 is 11.1. The van der Waals surface area contributed by atoms with Crippen LogP contribution in [0.4, 0.5) is 0 Å². The van der Waals surface area contributed by atoms with Crippen molar-refractivity contribution in [3.8, 4) is 0 Å². The topological polar surface area (TPSA) is 189 Å². The van der Waals surface area contributed by atoms with E-state index in [0.717, 1.165) is 57.8 Å². The minimum Gasteiger partial charge on any atom is -0.394 e. The molecule has 0 radical (unpaired) electrons. The van der Waals surface area contributed by atoms with Gasteiger partial charge in [-0.1, -0.05) is 145 Å². The van der Waals surface area contributed by atoms with Crippen LogP contribution in [0.15, 0.2) is 60.8 Å². The van der Waals surface area contributed by atoms with E-state index in [9.17, 15) is 40.5 Å². The molecule has 0 spiro atoms. The Morgan fingerprint density at radius 1 is 0.627 bits per heavy atom. The average Bonchev–Trinajstić information content (AvgIpc) is 3.23. The lowest BCUT2D eigenvalue weighted by atomic mass is 9.98. The van der Waals surface area contributed by atoms with Crippen LogP contribution in [-0.2, 0) is 14.3 Å². The molecule has 1 aliphatic heterocycles. The lowest BCUT2D eigenvalue weighted by Crippen LogP contribution is -2.60. The first-order valence-electron chi connectivity index (χ1n) is 23.2. The lowest BCUT2D eigenvalue weighted by Gasteiger charge is -2.40. The number of amides is 1. The second kappa shape index (κ2) is 37.6. The first-order valence-corrected chi connectivity index (χ1v) is 23.2. The Morgan fingerprint density at radius 2 is 1.14 bits per heavy atom. The highest BCUT2D eigenvalue weighted by molar-refractivity contribution is 5.80. The third-order valence-electron chi connectivity index (χ3n) is 10.9. The molecule has 342 valence electrons. The molecule has 0 aromatic rings. The van der Waals surface area contributed by atoms with Gasteiger partial charge in [0.1, 0.15) is 36.6 Å². The van der Waals surface area contributed by atoms with Crippen molar-refractivity contribution in [3.05, 3.63) is 60.8 Å². The highest BCUT2D eigenvalue weighted by Gasteiger charge is 2.44. The molecular formula is C48H85NO10. The molecule has 11 nitrogen and oxygen atoms in total. The summed E-state index contributed by atoms with van der Waals surface area (Å²) in [6.45, 7) is 3.08. The van der Waals surface area contributed by atoms with Crippen LogP contribution in [0.1, 0.15) is 168 Å². The van der Waals surface area contributed by atoms with Crippen LogP contribution in [0.3, 0.4) is 0 Å². The number of allylic oxidation sites excluding steroid dienone is 10. The number of rotatable bonds is 37. The van der Waals surface area contributed by atoms with Gasteiger partial charge in [0.25, 0.3) is 0 Å². The van der Waals surface area contributed by atoms with Crippen LogP contribution in [0.25, 0.3) is 0 Å². The fourth-order valence-electron chi connectivity index (χ4n) is 7.05. The van der Waals surface area contributed by atoms with Gasteiger partial charge in [-0.3, -0.25) is 4.79 Å². The van der Waals surface area contributed by atoms with Gasteiger partial charge in [0.15, 0.2) is 6.29 Å². The third-order valence-corrected chi connectivity index (χ3v) is 10.9. The molecular weight excluding hydrogens is 751 g/mol. The highest BCUT2D eigenvalue weighted by Crippen LogP contribution is 2.23. The van der Waals surface area contributed by atoms with Gasteiger partial charge in [-0.25, -0.2) is 0 Å². The third kappa shape index (κ3) is 27.4. The quantitative estimate of drug-likeness (QED) is 0.0229. The Bertz CT molecular complexity index is 1140. The minimum absolute atomic E-state index is 0.238. The fraction of sp³-hybridized carbons (Fsp3) is 0.771. The summed E-state index contributed by atoms with van der Waals surface area (Å²) in [5.74, 6) is -0.718. The molecule has 1 fully saturated rings. The molecule has 0 bridgehead atoms. The van der Waals surface area contributed by atoms with E-state index in [1.54, 1.807) is 0 Å². The maximum absolute atomic E-state index is 13.1. The van der Waals surface area contributed by atoms with Gasteiger partial charge in [0.2, 0.25) is 5.91 Å². The van der Waals surface area contributed by atoms with Crippen LogP contribution in [0, 0.1) is 0 Å². The van der Waals surface area contributed by atoms with Crippen LogP contribution < -0.4 is 5.32 Å². The number of hydrogen-bond donors (Lipinski definition) is 8. The molecule has 1 amide bonds. The summed E-state index contributed by atoms with van der Waals surface area (Å²) in [7, 11) is 0. The van der Waals surface area contributed by atoms with Crippen LogP contribution >= 0.6 is 0 Å². The Hall–Kier alpha value is -2.19. The standard InChI is InChI=1S/C48H85NO10/c1-3-5-7-9-11-13-15-17-18-19-20-21-22-23-24-26-28-30-32-34-36-41(52)47(57)49-39(38-58-48-46(56)45(55)44(54)42(37-50)59-48)43(53)40(51)35-33-31-29-27-25-16-14-12-10-8-6-4-2/h4-7,11-14,27,29,39-46,48,50-56H,3,8-10,15-26,28,30-38H2,1-2H3,(H,49,57)/b6-4+,7-5-,13-11-,14-12+,29-27+. The molecule has 9 atom stereocenters. The maximum atomic E-state index is 13.1. The van der Waals surface area contributed by atoms with Crippen LogP contribution in [0.5, 0.6) is 0 Å². The molecule has 59 heavy (non-hydrogen) atoms. The van der Waals surface area contributed by atoms with Crippen molar-refractivity contribution in [2.45, 2.75) is 223 Å². The van der Waals surface area contributed by atoms with Crippen molar-refractivity contribution < 1.29 is 50.0 Å². The highest BCUT2D eigenvalue weighted by atomic mass is 16.7. The Morgan fingerprint density at radius 3 is 1.71 bits per heavy atom. The summed E-state index contributed by atoms with van der Waals surface area (Å²) in [5, 5.41) is 75.5. The van der Waals surface area contributed by atoms with E-state index in [4.69, 9.17) is 9.47 Å². The van der Waals surface area contributed by atoms with Gasteiger partial charge in [-0.05, 0) is 84.0 Å². The van der Waals surface area contributed by atoms with E-state index in [0.29, 0.717) is 19.3 Å². The molecule has 1 rings (SSSR count). The second-order valence-electron chi connectivity index (χ2n) is 16.1. The molecule has 0 aliphatic carbocycles. The molecule has 0 saturated carbocycles. The van der Waals surface area contributed by atoms with Crippen molar-refractivity contribution in [2.75, 3.05) is 13.2 Å². The van der Waals surface area contributed by atoms with Gasteiger partial charge in [0, 0.05) is 0 Å². The largest absolute Gasteiger partial charge is 0.394 e. The summed E-state index contributed by atoms with van der Waals surface area (Å²) in [4.78, 5) is 13.1. The van der Waals surface area contributed by atoms with Gasteiger partial charge < -0.3 is 50.5 Å². The molecule has 1 saturated heterocycles. The van der Waals surface area contributed by atoms with E-state index in [1.807, 2.05) is 19.1 Å². The van der Waals surface area contributed by atoms with Crippen molar-refractivity contribution in [2.24, 2.45) is 0 Å². The zero-order valence-electron chi connectivity index (χ0n) is 36.7. The minimum atomic E-state index is -1.67. The smallest absolute Gasteiger partial charge is 0.249 e. The number of aliphatic hydroxyl groups is 7. The molecule has 9 unspecified atom stereocenters. The summed E-state index contributed by atoms with van der Waals surface area (Å²) >= 11 is 0. The van der Waals surface area contributed by atoms with Crippen LogP contribution in [-0.4, -0.2) is 110 Å². The number of ether oxygens (including phenoxy) is 2. The molecule has 0 aromatic heterocycles. The summed E-state index contributed by atoms with van der Waals surface area (Å²) in [6.07, 6.45) is 34.3. The molecule has 1 aliphatic rings. The van der Waals surface area contributed by atoms with Crippen molar-refractivity contribution in [1.82, 2.24) is 5.32 Å². The SMILES string of the molecule is C/C=C/CC/C=C/CC/C=C/CCCC(O)C(O)C(COC1OC(CO)C(O)C(O)C1O)NC(=O)C(O)CCCCCCCCCCCCCCC/C=C\C/C=C\CC. The number of nitrogens with one attached hydrogen (secondary N) is 1. The van der Waals surface area contributed by atoms with E-state index < -0.39 is 74.2 Å². The van der Waals surface area contributed by atoms with Gasteiger partial charge in [0.05, 0.1) is 25.4 Å². The van der Waals surface area contributed by atoms with Crippen molar-refractivity contribution in [3.63, 3.8) is 0 Å². The van der Waals surface area contributed by atoms with Crippen molar-refractivity contribution in [1.29, 1.82) is 0 Å². The van der Waals surface area contributed by atoms with E-state index in [-0.39, 0.29) is 12.8 Å². The predicted octanol–water partition coefficient (Wildman–Crippen LogP) is 7.55. The number of carbonyl (C=O) groups is 1. The normalized spacial score (nSPS) is 22.4. The van der Waals surface area contributed by atoms with Gasteiger partial charge in [-0.15, -0.1) is 0 Å². The maximum Gasteiger partial charge on any atom is 0.249 e. The Balaban J connectivity index is 2.43. The molecule has 0 aromatic carbocycles. The summed E-state index contributed by atoms with van der Waals surface area (Å²) in [6, 6.07) is -1.19. The molecule has 11 heteroatoms.